The maximum Gasteiger partial charge on any atom is 0.324 e. The van der Waals surface area contributed by atoms with Crippen molar-refractivity contribution in [3.05, 3.63) is 18.2 Å². The number of carboxylic acids is 1. The Labute approximate surface area is 78.5 Å². The van der Waals surface area contributed by atoms with E-state index in [1.807, 2.05) is 0 Å². The van der Waals surface area contributed by atoms with Crippen LogP contribution in [0.1, 0.15) is 0 Å². The van der Waals surface area contributed by atoms with E-state index in [1.165, 1.54) is 0 Å². The zero-order valence-electron chi connectivity index (χ0n) is 7.05. The highest BCUT2D eigenvalue weighted by Crippen LogP contribution is 2.00. The van der Waals surface area contributed by atoms with Crippen LogP contribution in [0.5, 0.6) is 6.01 Å². The Kier molecular flexibility index (Phi) is 3.29. The maximum absolute atomic E-state index is 12.3. The highest BCUT2D eigenvalue weighted by Gasteiger charge is 2.12. The van der Waals surface area contributed by atoms with Gasteiger partial charge in [-0.05, 0) is 0 Å². The lowest BCUT2D eigenvalue weighted by atomic mass is 10.3. The lowest BCUT2D eigenvalue weighted by molar-refractivity contribution is -0.139. The minimum Gasteiger partial charge on any atom is -0.480 e. The van der Waals surface area contributed by atoms with Crippen molar-refractivity contribution in [1.29, 1.82) is 0 Å². The molecule has 7 heteroatoms. The van der Waals surface area contributed by atoms with Crippen LogP contribution in [0, 0.1) is 5.82 Å². The van der Waals surface area contributed by atoms with Crippen molar-refractivity contribution in [1.82, 2.24) is 9.97 Å². The van der Waals surface area contributed by atoms with Crippen LogP contribution in [0.3, 0.4) is 0 Å². The first-order valence-electron chi connectivity index (χ1n) is 3.68. The highest BCUT2D eigenvalue weighted by molar-refractivity contribution is 5.73. The first-order chi connectivity index (χ1) is 6.59. The number of hydrogen-bond acceptors (Lipinski definition) is 5. The zero-order chi connectivity index (χ0) is 10.6. The van der Waals surface area contributed by atoms with Crippen LogP contribution in [0.25, 0.3) is 0 Å². The molecule has 6 nitrogen and oxygen atoms in total. The van der Waals surface area contributed by atoms with E-state index >= 15 is 0 Å². The SMILES string of the molecule is NC(COc1ncc(F)cn1)C(=O)O. The van der Waals surface area contributed by atoms with Crippen molar-refractivity contribution >= 4 is 5.97 Å². The summed E-state index contributed by atoms with van der Waals surface area (Å²) in [6.45, 7) is -0.263. The van der Waals surface area contributed by atoms with Gasteiger partial charge in [0.2, 0.25) is 0 Å². The number of rotatable bonds is 4. The number of aliphatic carboxylic acids is 1. The number of hydrogen-bond donors (Lipinski definition) is 2. The molecule has 0 saturated heterocycles. The van der Waals surface area contributed by atoms with Crippen molar-refractivity contribution < 1.29 is 19.0 Å². The van der Waals surface area contributed by atoms with Crippen LogP contribution in [0.15, 0.2) is 12.4 Å². The zero-order valence-corrected chi connectivity index (χ0v) is 7.05. The molecule has 76 valence electrons. The second kappa shape index (κ2) is 4.47. The van der Waals surface area contributed by atoms with Crippen molar-refractivity contribution in [3.63, 3.8) is 0 Å². The van der Waals surface area contributed by atoms with E-state index in [2.05, 4.69) is 9.97 Å². The van der Waals surface area contributed by atoms with E-state index in [-0.39, 0.29) is 12.6 Å². The van der Waals surface area contributed by atoms with Gasteiger partial charge in [0.05, 0.1) is 12.4 Å². The summed E-state index contributed by atoms with van der Waals surface area (Å²) in [7, 11) is 0. The van der Waals surface area contributed by atoms with E-state index in [0.29, 0.717) is 0 Å². The molecule has 0 radical (unpaired) electrons. The van der Waals surface area contributed by atoms with Crippen molar-refractivity contribution in [2.75, 3.05) is 6.61 Å². The number of ether oxygens (including phenoxy) is 1. The first kappa shape index (κ1) is 10.3. The third-order valence-electron chi connectivity index (χ3n) is 1.31. The molecule has 1 unspecified atom stereocenters. The van der Waals surface area contributed by atoms with Gasteiger partial charge in [0.1, 0.15) is 12.6 Å². The van der Waals surface area contributed by atoms with Crippen molar-refractivity contribution in [2.24, 2.45) is 5.73 Å². The van der Waals surface area contributed by atoms with Gasteiger partial charge in [0.15, 0.2) is 5.82 Å². The molecule has 0 bridgehead atoms. The minimum atomic E-state index is -1.19. The van der Waals surface area contributed by atoms with E-state index in [1.54, 1.807) is 0 Å². The molecule has 1 heterocycles. The molecule has 1 aromatic heterocycles. The summed E-state index contributed by atoms with van der Waals surface area (Å²) in [6, 6.07) is -1.26. The largest absolute Gasteiger partial charge is 0.480 e. The average molecular weight is 201 g/mol. The first-order valence-corrected chi connectivity index (χ1v) is 3.68. The van der Waals surface area contributed by atoms with Crippen molar-refractivity contribution in [2.45, 2.75) is 6.04 Å². The molecule has 0 aliphatic carbocycles. The van der Waals surface area contributed by atoms with Crippen LogP contribution < -0.4 is 10.5 Å². The second-order valence-corrected chi connectivity index (χ2v) is 2.44. The third kappa shape index (κ3) is 2.94. The number of carboxylic acid groups (broad SMARTS) is 1. The molecule has 14 heavy (non-hydrogen) atoms. The average Bonchev–Trinajstić information content (AvgIpc) is 2.16. The molecule has 0 spiro atoms. The minimum absolute atomic E-state index is 0.108. The maximum atomic E-state index is 12.3. The molecule has 0 fully saturated rings. The monoisotopic (exact) mass is 201 g/mol. The van der Waals surface area contributed by atoms with E-state index in [9.17, 15) is 9.18 Å². The van der Waals surface area contributed by atoms with Gasteiger partial charge >= 0.3 is 12.0 Å². The van der Waals surface area contributed by atoms with E-state index < -0.39 is 17.8 Å². The molecule has 1 aromatic rings. The topological polar surface area (TPSA) is 98.3 Å². The Hall–Kier alpha value is -1.76. The smallest absolute Gasteiger partial charge is 0.324 e. The molecule has 1 atom stereocenters. The lowest BCUT2D eigenvalue weighted by Gasteiger charge is -2.06. The molecule has 1 rings (SSSR count). The molecule has 0 amide bonds. The van der Waals surface area contributed by atoms with Crippen LogP contribution in [-0.2, 0) is 4.79 Å². The number of aromatic nitrogens is 2. The van der Waals surface area contributed by atoms with Gasteiger partial charge < -0.3 is 15.6 Å². The summed E-state index contributed by atoms with van der Waals surface area (Å²) < 4.78 is 17.1. The van der Waals surface area contributed by atoms with Gasteiger partial charge in [-0.1, -0.05) is 0 Å². The summed E-state index contributed by atoms with van der Waals surface area (Å²) in [5.41, 5.74) is 5.14. The molecule has 0 aliphatic rings. The molecule has 0 aliphatic heterocycles. The van der Waals surface area contributed by atoms with Gasteiger partial charge in [-0.2, -0.15) is 0 Å². The fourth-order valence-electron chi connectivity index (χ4n) is 0.611. The molecule has 0 saturated carbocycles. The summed E-state index contributed by atoms with van der Waals surface area (Å²) in [4.78, 5) is 17.2. The normalized spacial score (nSPS) is 12.1. The Bertz CT molecular complexity index is 316. The van der Waals surface area contributed by atoms with E-state index in [0.717, 1.165) is 12.4 Å². The predicted molar refractivity (Wildman–Crippen MR) is 43.1 cm³/mol. The molecule has 3 N–H and O–H groups in total. The van der Waals surface area contributed by atoms with Gasteiger partial charge in [-0.15, -0.1) is 0 Å². The fourth-order valence-corrected chi connectivity index (χ4v) is 0.611. The summed E-state index contributed by atoms with van der Waals surface area (Å²) in [5, 5.41) is 8.40. The number of carbonyl (C=O) groups is 1. The lowest BCUT2D eigenvalue weighted by Crippen LogP contribution is -2.36. The van der Waals surface area contributed by atoms with Gasteiger partial charge in [-0.3, -0.25) is 4.79 Å². The third-order valence-corrected chi connectivity index (χ3v) is 1.31. The quantitative estimate of drug-likeness (QED) is 0.675. The van der Waals surface area contributed by atoms with Crippen LogP contribution in [-0.4, -0.2) is 33.7 Å². The number of nitrogens with zero attached hydrogens (tertiary/aromatic N) is 2. The number of nitrogens with two attached hydrogens (primary N) is 1. The summed E-state index contributed by atoms with van der Waals surface area (Å²) in [5.74, 6) is -1.79. The Morgan fingerprint density at radius 2 is 2.21 bits per heavy atom. The Balaban J connectivity index is 2.46. The fraction of sp³-hybridized carbons (Fsp3) is 0.286. The van der Waals surface area contributed by atoms with Gasteiger partial charge in [0, 0.05) is 0 Å². The Morgan fingerprint density at radius 1 is 1.64 bits per heavy atom. The standard InChI is InChI=1S/C7H8FN3O3/c8-4-1-10-7(11-2-4)14-3-5(9)6(12)13/h1-2,5H,3,9H2,(H,12,13). The van der Waals surface area contributed by atoms with Gasteiger partial charge in [0.25, 0.3) is 0 Å². The molecule has 0 aromatic carbocycles. The summed E-state index contributed by atoms with van der Waals surface area (Å²) in [6.07, 6.45) is 1.82. The molecular formula is C7H8FN3O3. The van der Waals surface area contributed by atoms with Crippen LogP contribution >= 0.6 is 0 Å². The molecular weight excluding hydrogens is 193 g/mol. The number of halogens is 1. The highest BCUT2D eigenvalue weighted by atomic mass is 19.1. The Morgan fingerprint density at radius 3 is 2.71 bits per heavy atom. The predicted octanol–water partition coefficient (Wildman–Crippen LogP) is -0.594. The van der Waals surface area contributed by atoms with E-state index in [4.69, 9.17) is 15.6 Å². The van der Waals surface area contributed by atoms with Gasteiger partial charge in [-0.25, -0.2) is 14.4 Å². The second-order valence-electron chi connectivity index (χ2n) is 2.44. The van der Waals surface area contributed by atoms with Crippen molar-refractivity contribution in [3.8, 4) is 6.01 Å². The summed E-state index contributed by atoms with van der Waals surface area (Å²) >= 11 is 0. The van der Waals surface area contributed by atoms with Crippen LogP contribution in [0.2, 0.25) is 0 Å². The van der Waals surface area contributed by atoms with Crippen LogP contribution in [0.4, 0.5) is 4.39 Å².